The Morgan fingerprint density at radius 3 is 2.29 bits per heavy atom. The summed E-state index contributed by atoms with van der Waals surface area (Å²) in [5.41, 5.74) is 0.227. The van der Waals surface area contributed by atoms with Crippen LogP contribution in [0.1, 0.15) is 34.1 Å². The van der Waals surface area contributed by atoms with E-state index in [4.69, 9.17) is 4.74 Å². The molecule has 0 spiro atoms. The summed E-state index contributed by atoms with van der Waals surface area (Å²) in [6.07, 6.45) is 1.04. The third kappa shape index (κ3) is 2.51. The smallest absolute Gasteiger partial charge is 0.0567 e. The van der Waals surface area contributed by atoms with E-state index in [1.807, 2.05) is 0 Å². The van der Waals surface area contributed by atoms with Crippen molar-refractivity contribution in [3.8, 4) is 0 Å². The van der Waals surface area contributed by atoms with Gasteiger partial charge in [0.15, 0.2) is 0 Å². The van der Waals surface area contributed by atoms with E-state index in [1.54, 1.807) is 0 Å². The van der Waals surface area contributed by atoms with Gasteiger partial charge in [0.05, 0.1) is 19.8 Å². The van der Waals surface area contributed by atoms with Gasteiger partial charge in [-0.2, -0.15) is 0 Å². The van der Waals surface area contributed by atoms with E-state index in [1.165, 1.54) is 13.1 Å². The third-order valence-electron chi connectivity index (χ3n) is 4.67. The van der Waals surface area contributed by atoms with Gasteiger partial charge in [0, 0.05) is 24.0 Å². The Labute approximate surface area is 105 Å². The normalized spacial score (nSPS) is 25.8. The number of likely N-dealkylation sites (tertiary alicyclic amines) is 1. The van der Waals surface area contributed by atoms with Crippen molar-refractivity contribution in [2.75, 3.05) is 32.9 Å². The van der Waals surface area contributed by atoms with E-state index in [0.29, 0.717) is 0 Å². The first-order chi connectivity index (χ1) is 7.88. The number of aliphatic hydroxyl groups is 1. The second-order valence-corrected chi connectivity index (χ2v) is 7.05. The van der Waals surface area contributed by atoms with Gasteiger partial charge in [-0.25, -0.2) is 0 Å². The zero-order chi connectivity index (χ0) is 12.7. The number of hydrogen-bond acceptors (Lipinski definition) is 3. The lowest BCUT2D eigenvalue weighted by Crippen LogP contribution is -2.62. The van der Waals surface area contributed by atoms with E-state index < -0.39 is 0 Å². The van der Waals surface area contributed by atoms with Crippen molar-refractivity contribution in [1.29, 1.82) is 0 Å². The molecule has 0 amide bonds. The van der Waals surface area contributed by atoms with Crippen LogP contribution < -0.4 is 0 Å². The lowest BCUT2D eigenvalue weighted by Gasteiger charge is -2.54. The predicted molar refractivity (Wildman–Crippen MR) is 68.9 cm³/mol. The molecule has 0 bridgehead atoms. The zero-order valence-corrected chi connectivity index (χ0v) is 11.7. The molecule has 0 saturated carbocycles. The van der Waals surface area contributed by atoms with E-state index in [0.717, 1.165) is 31.5 Å². The average molecular weight is 241 g/mol. The summed E-state index contributed by atoms with van der Waals surface area (Å²) >= 11 is 0. The van der Waals surface area contributed by atoms with Crippen LogP contribution in [0.2, 0.25) is 0 Å². The van der Waals surface area contributed by atoms with Crippen LogP contribution >= 0.6 is 0 Å². The number of aliphatic hydroxyl groups excluding tert-OH is 1. The van der Waals surface area contributed by atoms with Crippen molar-refractivity contribution in [3.05, 3.63) is 0 Å². The SMILES string of the molecule is CC(C)C1CN(C(C)(C)CC2(CO)COC2)C1. The Morgan fingerprint density at radius 1 is 1.35 bits per heavy atom. The maximum Gasteiger partial charge on any atom is 0.0567 e. The predicted octanol–water partition coefficient (Wildman–Crippen LogP) is 1.75. The quantitative estimate of drug-likeness (QED) is 0.796. The first-order valence-corrected chi connectivity index (χ1v) is 6.82. The van der Waals surface area contributed by atoms with E-state index in [9.17, 15) is 5.11 Å². The van der Waals surface area contributed by atoms with Gasteiger partial charge in [-0.05, 0) is 32.1 Å². The topological polar surface area (TPSA) is 32.7 Å². The molecule has 17 heavy (non-hydrogen) atoms. The molecule has 0 atom stereocenters. The van der Waals surface area contributed by atoms with E-state index in [-0.39, 0.29) is 17.6 Å². The van der Waals surface area contributed by atoms with Crippen LogP contribution in [0.3, 0.4) is 0 Å². The highest BCUT2D eigenvalue weighted by molar-refractivity contribution is 4.99. The van der Waals surface area contributed by atoms with Crippen molar-refractivity contribution in [2.24, 2.45) is 17.3 Å². The Kier molecular flexibility index (Phi) is 3.54. The number of hydrogen-bond donors (Lipinski definition) is 1. The molecule has 0 aromatic rings. The number of nitrogens with zero attached hydrogens (tertiary/aromatic N) is 1. The largest absolute Gasteiger partial charge is 0.396 e. The van der Waals surface area contributed by atoms with Crippen molar-refractivity contribution in [3.63, 3.8) is 0 Å². The minimum Gasteiger partial charge on any atom is -0.396 e. The monoisotopic (exact) mass is 241 g/mol. The standard InChI is InChI=1S/C14H27NO2/c1-11(2)12-5-15(6-12)13(3,4)7-14(8-16)9-17-10-14/h11-12,16H,5-10H2,1-4H3. The molecule has 2 heterocycles. The molecule has 3 nitrogen and oxygen atoms in total. The average Bonchev–Trinajstić information content (AvgIpc) is 2.07. The molecule has 100 valence electrons. The molecule has 2 aliphatic heterocycles. The molecule has 0 aromatic heterocycles. The molecule has 1 N–H and O–H groups in total. The fourth-order valence-corrected chi connectivity index (χ4v) is 3.10. The Hall–Kier alpha value is -0.120. The van der Waals surface area contributed by atoms with Gasteiger partial charge >= 0.3 is 0 Å². The molecule has 2 saturated heterocycles. The molecular formula is C14H27NO2. The van der Waals surface area contributed by atoms with Crippen LogP contribution in [-0.4, -0.2) is 48.5 Å². The molecule has 0 radical (unpaired) electrons. The Morgan fingerprint density at radius 2 is 1.94 bits per heavy atom. The number of ether oxygens (including phenoxy) is 1. The van der Waals surface area contributed by atoms with Gasteiger partial charge in [0.2, 0.25) is 0 Å². The molecule has 0 aliphatic carbocycles. The maximum absolute atomic E-state index is 9.51. The van der Waals surface area contributed by atoms with Crippen LogP contribution in [0, 0.1) is 17.3 Å². The van der Waals surface area contributed by atoms with Gasteiger partial charge in [0.1, 0.15) is 0 Å². The second kappa shape index (κ2) is 4.52. The molecule has 0 aromatic carbocycles. The molecule has 2 rings (SSSR count). The van der Waals surface area contributed by atoms with Crippen LogP contribution in [0.15, 0.2) is 0 Å². The summed E-state index contributed by atoms with van der Waals surface area (Å²) < 4.78 is 5.29. The highest BCUT2D eigenvalue weighted by Crippen LogP contribution is 2.41. The molecule has 3 heteroatoms. The fourth-order valence-electron chi connectivity index (χ4n) is 3.10. The first-order valence-electron chi connectivity index (χ1n) is 6.82. The Bertz CT molecular complexity index is 260. The summed E-state index contributed by atoms with van der Waals surface area (Å²) in [6.45, 7) is 13.4. The first kappa shape index (κ1) is 13.3. The van der Waals surface area contributed by atoms with Crippen molar-refractivity contribution in [2.45, 2.75) is 39.7 Å². The van der Waals surface area contributed by atoms with Gasteiger partial charge in [-0.1, -0.05) is 13.8 Å². The van der Waals surface area contributed by atoms with Crippen LogP contribution in [-0.2, 0) is 4.74 Å². The molecule has 2 aliphatic rings. The van der Waals surface area contributed by atoms with Gasteiger partial charge in [0.25, 0.3) is 0 Å². The zero-order valence-electron chi connectivity index (χ0n) is 11.7. The minimum atomic E-state index is 0.0341. The van der Waals surface area contributed by atoms with Crippen molar-refractivity contribution >= 4 is 0 Å². The summed E-state index contributed by atoms with van der Waals surface area (Å²) in [4.78, 5) is 2.56. The summed E-state index contributed by atoms with van der Waals surface area (Å²) in [5, 5.41) is 9.51. The molecule has 0 unspecified atom stereocenters. The highest BCUT2D eigenvalue weighted by atomic mass is 16.5. The summed E-state index contributed by atoms with van der Waals surface area (Å²) in [5.74, 6) is 1.65. The number of rotatable bonds is 5. The van der Waals surface area contributed by atoms with Crippen LogP contribution in [0.25, 0.3) is 0 Å². The maximum atomic E-state index is 9.51. The second-order valence-electron chi connectivity index (χ2n) is 7.05. The van der Waals surface area contributed by atoms with Crippen molar-refractivity contribution < 1.29 is 9.84 Å². The van der Waals surface area contributed by atoms with Gasteiger partial charge in [-0.3, -0.25) is 4.90 Å². The molecule has 2 fully saturated rings. The summed E-state index contributed by atoms with van der Waals surface area (Å²) in [6, 6.07) is 0. The lowest BCUT2D eigenvalue weighted by atomic mass is 9.73. The fraction of sp³-hybridized carbons (Fsp3) is 1.00. The highest BCUT2D eigenvalue weighted by Gasteiger charge is 2.47. The van der Waals surface area contributed by atoms with Crippen molar-refractivity contribution in [1.82, 2.24) is 4.90 Å². The third-order valence-corrected chi connectivity index (χ3v) is 4.67. The van der Waals surface area contributed by atoms with E-state index >= 15 is 0 Å². The Balaban J connectivity index is 1.87. The van der Waals surface area contributed by atoms with Crippen LogP contribution in [0.4, 0.5) is 0 Å². The molecular weight excluding hydrogens is 214 g/mol. The van der Waals surface area contributed by atoms with Crippen LogP contribution in [0.5, 0.6) is 0 Å². The van der Waals surface area contributed by atoms with E-state index in [2.05, 4.69) is 32.6 Å². The minimum absolute atomic E-state index is 0.0341. The summed E-state index contributed by atoms with van der Waals surface area (Å²) in [7, 11) is 0. The van der Waals surface area contributed by atoms with Gasteiger partial charge in [-0.15, -0.1) is 0 Å². The van der Waals surface area contributed by atoms with Gasteiger partial charge < -0.3 is 9.84 Å². The lowest BCUT2D eigenvalue weighted by molar-refractivity contribution is -0.165.